The van der Waals surface area contributed by atoms with E-state index in [4.69, 9.17) is 11.6 Å². The van der Waals surface area contributed by atoms with Crippen LogP contribution in [0.2, 0.25) is 5.02 Å². The molecule has 2 aromatic carbocycles. The van der Waals surface area contributed by atoms with E-state index in [1.54, 1.807) is 6.07 Å². The Morgan fingerprint density at radius 2 is 1.75 bits per heavy atom. The summed E-state index contributed by atoms with van der Waals surface area (Å²) < 4.78 is 1.48. The van der Waals surface area contributed by atoms with Crippen molar-refractivity contribution >= 4 is 40.6 Å². The quantitative estimate of drug-likeness (QED) is 0.635. The highest BCUT2D eigenvalue weighted by Crippen LogP contribution is 2.20. The predicted molar refractivity (Wildman–Crippen MR) is 116 cm³/mol. The lowest BCUT2D eigenvalue weighted by Crippen LogP contribution is -2.46. The van der Waals surface area contributed by atoms with E-state index in [2.05, 4.69) is 26.2 Å². The number of nitrogens with zero attached hydrogens (tertiary/aromatic N) is 5. The van der Waals surface area contributed by atoms with Crippen molar-refractivity contribution < 1.29 is 0 Å². The number of hydrogen-bond donors (Lipinski definition) is 0. The molecule has 4 rings (SSSR count). The van der Waals surface area contributed by atoms with Crippen LogP contribution in [0.5, 0.6) is 0 Å². The number of halogens is 2. The minimum Gasteiger partial charge on any atom is -0.369 e. The highest BCUT2D eigenvalue weighted by Gasteiger charge is 2.17. The molecule has 0 atom stereocenters. The first-order chi connectivity index (χ1) is 13.2. The Morgan fingerprint density at radius 1 is 0.964 bits per heavy atom. The summed E-state index contributed by atoms with van der Waals surface area (Å²) in [6.07, 6.45) is 0.879. The van der Waals surface area contributed by atoms with Gasteiger partial charge in [0.15, 0.2) is 0 Å². The highest BCUT2D eigenvalue weighted by molar-refractivity contribution is 6.30. The van der Waals surface area contributed by atoms with Gasteiger partial charge in [0.25, 0.3) is 5.56 Å². The zero-order valence-corrected chi connectivity index (χ0v) is 17.1. The van der Waals surface area contributed by atoms with Gasteiger partial charge in [-0.1, -0.05) is 35.0 Å². The van der Waals surface area contributed by atoms with E-state index in [0.717, 1.165) is 44.2 Å². The maximum Gasteiger partial charge on any atom is 0.277 e. The van der Waals surface area contributed by atoms with Crippen molar-refractivity contribution in [1.82, 2.24) is 19.9 Å². The van der Waals surface area contributed by atoms with Gasteiger partial charge in [0.05, 0.1) is 5.39 Å². The Morgan fingerprint density at radius 3 is 2.54 bits per heavy atom. The Balaban J connectivity index is 0.00000225. The van der Waals surface area contributed by atoms with E-state index in [-0.39, 0.29) is 18.0 Å². The molecule has 3 aromatic rings. The molecule has 0 unspecified atom stereocenters. The number of anilines is 1. The molecule has 1 aliphatic heterocycles. The van der Waals surface area contributed by atoms with Gasteiger partial charge in [-0.25, -0.2) is 4.68 Å². The number of fused-ring (bicyclic) bond motifs is 1. The molecule has 0 radical (unpaired) electrons. The van der Waals surface area contributed by atoms with Crippen LogP contribution in [-0.2, 0) is 6.54 Å². The number of rotatable bonds is 5. The van der Waals surface area contributed by atoms with Gasteiger partial charge in [-0.3, -0.25) is 9.69 Å². The van der Waals surface area contributed by atoms with Gasteiger partial charge < -0.3 is 4.90 Å². The molecule has 0 N–H and O–H groups in total. The summed E-state index contributed by atoms with van der Waals surface area (Å²) in [5, 5.41) is 9.61. The molecular formula is C20H23Cl2N5O. The molecule has 2 heterocycles. The van der Waals surface area contributed by atoms with Gasteiger partial charge in [0, 0.05) is 50.0 Å². The van der Waals surface area contributed by atoms with Gasteiger partial charge >= 0.3 is 0 Å². The molecule has 1 saturated heterocycles. The van der Waals surface area contributed by atoms with Gasteiger partial charge in [-0.2, -0.15) is 0 Å². The normalized spacial score (nSPS) is 14.8. The van der Waals surface area contributed by atoms with Gasteiger partial charge in [-0.05, 0) is 36.8 Å². The van der Waals surface area contributed by atoms with Gasteiger partial charge in [-0.15, -0.1) is 17.5 Å². The first kappa shape index (κ1) is 20.6. The number of benzene rings is 2. The Kier molecular flexibility index (Phi) is 6.88. The molecule has 0 spiro atoms. The van der Waals surface area contributed by atoms with E-state index in [0.29, 0.717) is 17.4 Å². The van der Waals surface area contributed by atoms with E-state index in [9.17, 15) is 4.79 Å². The molecule has 0 bridgehead atoms. The van der Waals surface area contributed by atoms with Gasteiger partial charge in [0.1, 0.15) is 5.52 Å². The Hall–Kier alpha value is -2.15. The van der Waals surface area contributed by atoms with Crippen molar-refractivity contribution in [3.63, 3.8) is 0 Å². The summed E-state index contributed by atoms with van der Waals surface area (Å²) in [7, 11) is 0. The minimum absolute atomic E-state index is 0. The molecule has 148 valence electrons. The average Bonchev–Trinajstić information content (AvgIpc) is 2.70. The minimum atomic E-state index is -0.0635. The summed E-state index contributed by atoms with van der Waals surface area (Å²) in [6.45, 7) is 5.51. The maximum atomic E-state index is 12.5. The smallest absolute Gasteiger partial charge is 0.277 e. The first-order valence-electron chi connectivity index (χ1n) is 9.26. The SMILES string of the molecule is Cl.O=c1c2ccccc2nnn1CCCN1CCN(c2cccc(Cl)c2)CC1. The van der Waals surface area contributed by atoms with Crippen molar-refractivity contribution in [3.8, 4) is 0 Å². The summed E-state index contributed by atoms with van der Waals surface area (Å²) in [4.78, 5) is 17.3. The van der Waals surface area contributed by atoms with Crippen molar-refractivity contribution in [2.45, 2.75) is 13.0 Å². The fourth-order valence-electron chi connectivity index (χ4n) is 3.52. The second-order valence-corrected chi connectivity index (χ2v) is 7.23. The van der Waals surface area contributed by atoms with E-state index in [1.807, 2.05) is 36.4 Å². The van der Waals surface area contributed by atoms with Crippen molar-refractivity contribution in [2.24, 2.45) is 0 Å². The zero-order chi connectivity index (χ0) is 18.6. The monoisotopic (exact) mass is 419 g/mol. The fourth-order valence-corrected chi connectivity index (χ4v) is 3.70. The predicted octanol–water partition coefficient (Wildman–Crippen LogP) is 3.08. The second kappa shape index (κ2) is 9.37. The van der Waals surface area contributed by atoms with Crippen LogP contribution in [0.1, 0.15) is 6.42 Å². The first-order valence-corrected chi connectivity index (χ1v) is 9.64. The van der Waals surface area contributed by atoms with Crippen molar-refractivity contribution in [3.05, 3.63) is 63.9 Å². The van der Waals surface area contributed by atoms with E-state index >= 15 is 0 Å². The summed E-state index contributed by atoms with van der Waals surface area (Å²) in [6, 6.07) is 15.4. The molecule has 1 fully saturated rings. The lowest BCUT2D eigenvalue weighted by Gasteiger charge is -2.36. The third-order valence-corrected chi connectivity index (χ3v) is 5.25. The van der Waals surface area contributed by atoms with Crippen LogP contribution in [0.25, 0.3) is 10.9 Å². The molecule has 0 amide bonds. The van der Waals surface area contributed by atoms with E-state index in [1.165, 1.54) is 10.4 Å². The third kappa shape index (κ3) is 4.63. The average molecular weight is 420 g/mol. The second-order valence-electron chi connectivity index (χ2n) is 6.80. The lowest BCUT2D eigenvalue weighted by molar-refractivity contribution is 0.248. The van der Waals surface area contributed by atoms with Crippen LogP contribution in [0.4, 0.5) is 5.69 Å². The number of aryl methyl sites for hydroxylation is 1. The fraction of sp³-hybridized carbons (Fsp3) is 0.350. The van der Waals surface area contributed by atoms with Crippen molar-refractivity contribution in [2.75, 3.05) is 37.6 Å². The van der Waals surface area contributed by atoms with Crippen LogP contribution in [0.3, 0.4) is 0 Å². The molecule has 0 aliphatic carbocycles. The van der Waals surface area contributed by atoms with Crippen LogP contribution >= 0.6 is 24.0 Å². The summed E-state index contributed by atoms with van der Waals surface area (Å²) >= 11 is 6.09. The molecule has 0 saturated carbocycles. The third-order valence-electron chi connectivity index (χ3n) is 5.02. The highest BCUT2D eigenvalue weighted by atomic mass is 35.5. The maximum absolute atomic E-state index is 12.5. The summed E-state index contributed by atoms with van der Waals surface area (Å²) in [5.41, 5.74) is 1.77. The van der Waals surface area contributed by atoms with Crippen molar-refractivity contribution in [1.29, 1.82) is 0 Å². The zero-order valence-electron chi connectivity index (χ0n) is 15.5. The topological polar surface area (TPSA) is 54.3 Å². The van der Waals surface area contributed by atoms with E-state index < -0.39 is 0 Å². The van der Waals surface area contributed by atoms with Crippen LogP contribution in [-0.4, -0.2) is 52.6 Å². The number of aromatic nitrogens is 3. The molecule has 8 heteroatoms. The molecule has 1 aliphatic rings. The summed E-state index contributed by atoms with van der Waals surface area (Å²) in [5.74, 6) is 0. The Bertz CT molecular complexity index is 985. The number of piperazine rings is 1. The lowest BCUT2D eigenvalue weighted by atomic mass is 10.2. The molecular weight excluding hydrogens is 397 g/mol. The molecule has 6 nitrogen and oxygen atoms in total. The standard InChI is InChI=1S/C20H22ClN5O.ClH/c21-16-5-3-6-17(15-16)25-13-11-24(12-14-25)9-4-10-26-20(27)18-7-1-2-8-19(18)22-23-26;/h1-3,5-8,15H,4,9-14H2;1H. The Labute approximate surface area is 175 Å². The number of hydrogen-bond acceptors (Lipinski definition) is 5. The largest absolute Gasteiger partial charge is 0.369 e. The van der Waals surface area contributed by atoms with Crippen LogP contribution in [0, 0.1) is 0 Å². The van der Waals surface area contributed by atoms with Crippen LogP contribution in [0.15, 0.2) is 53.3 Å². The van der Waals surface area contributed by atoms with Crippen LogP contribution < -0.4 is 10.5 Å². The van der Waals surface area contributed by atoms with Gasteiger partial charge in [0.2, 0.25) is 0 Å². The molecule has 1 aromatic heterocycles. The molecule has 28 heavy (non-hydrogen) atoms.